The van der Waals surface area contributed by atoms with Crippen molar-refractivity contribution in [2.45, 2.75) is 25.9 Å². The molecule has 0 atom stereocenters. The Hall–Kier alpha value is -1.61. The molecule has 2 rings (SSSR count). The van der Waals surface area contributed by atoms with Crippen molar-refractivity contribution in [3.05, 3.63) is 53.3 Å². The van der Waals surface area contributed by atoms with E-state index in [1.165, 1.54) is 5.56 Å². The van der Waals surface area contributed by atoms with Crippen LogP contribution in [0.4, 0.5) is 0 Å². The van der Waals surface area contributed by atoms with Crippen LogP contribution >= 0.6 is 0 Å². The SMILES string of the molecule is CC(C)(O)c1cc(Cc2ccccc2)[nH]n1. The van der Waals surface area contributed by atoms with Crippen LogP contribution in [0.15, 0.2) is 36.4 Å². The summed E-state index contributed by atoms with van der Waals surface area (Å²) >= 11 is 0. The molecule has 0 aliphatic rings. The van der Waals surface area contributed by atoms with E-state index >= 15 is 0 Å². The maximum Gasteiger partial charge on any atom is 0.103 e. The molecule has 1 aromatic carbocycles. The second-order valence-electron chi connectivity index (χ2n) is 4.50. The molecule has 0 unspecified atom stereocenters. The van der Waals surface area contributed by atoms with Crippen molar-refractivity contribution < 1.29 is 5.11 Å². The molecule has 0 spiro atoms. The van der Waals surface area contributed by atoms with Crippen LogP contribution in [0.2, 0.25) is 0 Å². The van der Waals surface area contributed by atoms with E-state index in [2.05, 4.69) is 22.3 Å². The van der Waals surface area contributed by atoms with Crippen LogP contribution in [-0.2, 0) is 12.0 Å². The van der Waals surface area contributed by atoms with Gasteiger partial charge in [0.2, 0.25) is 0 Å². The van der Waals surface area contributed by atoms with E-state index in [1.54, 1.807) is 13.8 Å². The smallest absolute Gasteiger partial charge is 0.103 e. The number of nitrogens with one attached hydrogen (secondary N) is 1. The largest absolute Gasteiger partial charge is 0.384 e. The van der Waals surface area contributed by atoms with Gasteiger partial charge in [-0.05, 0) is 25.5 Å². The second-order valence-corrected chi connectivity index (χ2v) is 4.50. The van der Waals surface area contributed by atoms with Crippen LogP contribution in [0, 0.1) is 0 Å². The van der Waals surface area contributed by atoms with Gasteiger partial charge in [-0.2, -0.15) is 5.10 Å². The Labute approximate surface area is 95.1 Å². The zero-order valence-corrected chi connectivity index (χ0v) is 9.57. The predicted molar refractivity (Wildman–Crippen MR) is 63.1 cm³/mol. The number of hydrogen-bond donors (Lipinski definition) is 2. The Morgan fingerprint density at radius 1 is 1.25 bits per heavy atom. The lowest BCUT2D eigenvalue weighted by Gasteiger charge is -2.12. The third-order valence-electron chi connectivity index (χ3n) is 2.50. The van der Waals surface area contributed by atoms with E-state index in [0.29, 0.717) is 5.69 Å². The third-order valence-corrected chi connectivity index (χ3v) is 2.50. The quantitative estimate of drug-likeness (QED) is 0.826. The summed E-state index contributed by atoms with van der Waals surface area (Å²) in [6.07, 6.45) is 0.809. The fourth-order valence-electron chi connectivity index (χ4n) is 1.58. The maximum absolute atomic E-state index is 9.79. The van der Waals surface area contributed by atoms with Gasteiger partial charge in [-0.3, -0.25) is 5.10 Å². The summed E-state index contributed by atoms with van der Waals surface area (Å²) in [6.45, 7) is 3.46. The lowest BCUT2D eigenvalue weighted by molar-refractivity contribution is 0.0738. The van der Waals surface area contributed by atoms with Gasteiger partial charge in [0.05, 0.1) is 5.69 Å². The zero-order chi connectivity index (χ0) is 11.6. The molecule has 2 N–H and O–H groups in total. The Kier molecular flexibility index (Phi) is 2.79. The number of aliphatic hydroxyl groups is 1. The van der Waals surface area contributed by atoms with Gasteiger partial charge in [0.1, 0.15) is 5.60 Å². The molecule has 0 bridgehead atoms. The van der Waals surface area contributed by atoms with Gasteiger partial charge in [0.25, 0.3) is 0 Å². The van der Waals surface area contributed by atoms with E-state index in [0.717, 1.165) is 12.1 Å². The minimum Gasteiger partial charge on any atom is -0.384 e. The number of aromatic nitrogens is 2. The first-order valence-corrected chi connectivity index (χ1v) is 5.37. The summed E-state index contributed by atoms with van der Waals surface area (Å²) in [5.41, 5.74) is 2.04. The molecule has 1 heterocycles. The Morgan fingerprint density at radius 2 is 1.94 bits per heavy atom. The Bertz CT molecular complexity index is 454. The maximum atomic E-state index is 9.79. The van der Waals surface area contributed by atoms with Gasteiger partial charge in [0.15, 0.2) is 0 Å². The van der Waals surface area contributed by atoms with Gasteiger partial charge >= 0.3 is 0 Å². The Morgan fingerprint density at radius 3 is 2.50 bits per heavy atom. The van der Waals surface area contributed by atoms with Crippen LogP contribution in [0.25, 0.3) is 0 Å². The first kappa shape index (κ1) is 10.9. The topological polar surface area (TPSA) is 48.9 Å². The van der Waals surface area contributed by atoms with Crippen LogP contribution in [0.3, 0.4) is 0 Å². The average molecular weight is 216 g/mol. The second kappa shape index (κ2) is 4.10. The molecule has 3 heteroatoms. The normalized spacial score (nSPS) is 11.7. The van der Waals surface area contributed by atoms with E-state index in [9.17, 15) is 5.11 Å². The first-order chi connectivity index (χ1) is 7.55. The van der Waals surface area contributed by atoms with Gasteiger partial charge in [-0.15, -0.1) is 0 Å². The van der Waals surface area contributed by atoms with Crippen molar-refractivity contribution >= 4 is 0 Å². The number of nitrogens with zero attached hydrogens (tertiary/aromatic N) is 1. The van der Waals surface area contributed by atoms with E-state index in [1.807, 2.05) is 24.3 Å². The van der Waals surface area contributed by atoms with Crippen molar-refractivity contribution in [2.75, 3.05) is 0 Å². The van der Waals surface area contributed by atoms with Crippen LogP contribution < -0.4 is 0 Å². The molecular weight excluding hydrogens is 200 g/mol. The number of hydrogen-bond acceptors (Lipinski definition) is 2. The highest BCUT2D eigenvalue weighted by Crippen LogP contribution is 2.18. The minimum absolute atomic E-state index is 0.679. The predicted octanol–water partition coefficient (Wildman–Crippen LogP) is 2.23. The molecular formula is C13H16N2O. The van der Waals surface area contributed by atoms with Crippen LogP contribution in [0.1, 0.15) is 30.8 Å². The van der Waals surface area contributed by atoms with Gasteiger partial charge < -0.3 is 5.11 Å². The molecule has 1 aromatic heterocycles. The van der Waals surface area contributed by atoms with E-state index in [4.69, 9.17) is 0 Å². The van der Waals surface area contributed by atoms with Crippen molar-refractivity contribution in [1.29, 1.82) is 0 Å². The summed E-state index contributed by atoms with van der Waals surface area (Å²) < 4.78 is 0. The zero-order valence-electron chi connectivity index (χ0n) is 9.57. The number of aromatic amines is 1. The number of benzene rings is 1. The fraction of sp³-hybridized carbons (Fsp3) is 0.308. The highest BCUT2D eigenvalue weighted by molar-refractivity contribution is 5.23. The fourth-order valence-corrected chi connectivity index (χ4v) is 1.58. The summed E-state index contributed by atoms with van der Waals surface area (Å²) in [4.78, 5) is 0. The molecule has 84 valence electrons. The molecule has 0 saturated carbocycles. The monoisotopic (exact) mass is 216 g/mol. The first-order valence-electron chi connectivity index (χ1n) is 5.37. The summed E-state index contributed by atoms with van der Waals surface area (Å²) in [6, 6.07) is 12.1. The van der Waals surface area contributed by atoms with Gasteiger partial charge in [-0.1, -0.05) is 30.3 Å². The molecule has 0 saturated heterocycles. The molecule has 0 aliphatic heterocycles. The lowest BCUT2D eigenvalue weighted by Crippen LogP contribution is -2.15. The van der Waals surface area contributed by atoms with E-state index < -0.39 is 5.60 Å². The minimum atomic E-state index is -0.883. The van der Waals surface area contributed by atoms with Crippen molar-refractivity contribution in [2.24, 2.45) is 0 Å². The highest BCUT2D eigenvalue weighted by atomic mass is 16.3. The third kappa shape index (κ3) is 2.49. The molecule has 0 amide bonds. The molecule has 0 radical (unpaired) electrons. The van der Waals surface area contributed by atoms with E-state index in [-0.39, 0.29) is 0 Å². The standard InChI is InChI=1S/C13H16N2O/c1-13(2,16)12-9-11(14-15-12)8-10-6-4-3-5-7-10/h3-7,9,16H,8H2,1-2H3,(H,14,15). The van der Waals surface area contributed by atoms with Crippen molar-refractivity contribution in [1.82, 2.24) is 10.2 Å². The molecule has 0 fully saturated rings. The molecule has 0 aliphatic carbocycles. The summed E-state index contributed by atoms with van der Waals surface area (Å²) in [7, 11) is 0. The van der Waals surface area contributed by atoms with Crippen molar-refractivity contribution in [3.63, 3.8) is 0 Å². The molecule has 3 nitrogen and oxygen atoms in total. The molecule has 2 aromatic rings. The van der Waals surface area contributed by atoms with Crippen LogP contribution in [0.5, 0.6) is 0 Å². The molecule has 16 heavy (non-hydrogen) atoms. The van der Waals surface area contributed by atoms with Gasteiger partial charge in [-0.25, -0.2) is 0 Å². The number of rotatable bonds is 3. The Balaban J connectivity index is 2.15. The summed E-state index contributed by atoms with van der Waals surface area (Å²) in [5.74, 6) is 0. The number of H-pyrrole nitrogens is 1. The summed E-state index contributed by atoms with van der Waals surface area (Å²) in [5, 5.41) is 16.8. The van der Waals surface area contributed by atoms with Crippen LogP contribution in [-0.4, -0.2) is 15.3 Å². The lowest BCUT2D eigenvalue weighted by atomic mass is 10.0. The van der Waals surface area contributed by atoms with Crippen molar-refractivity contribution in [3.8, 4) is 0 Å². The average Bonchev–Trinajstić information content (AvgIpc) is 2.67. The van der Waals surface area contributed by atoms with Gasteiger partial charge in [0, 0.05) is 12.1 Å². The highest BCUT2D eigenvalue weighted by Gasteiger charge is 2.19.